The van der Waals surface area contributed by atoms with Crippen molar-refractivity contribution >= 4 is 17.4 Å². The molecule has 0 unspecified atom stereocenters. The van der Waals surface area contributed by atoms with Gasteiger partial charge in [0.05, 0.1) is 5.02 Å². The zero-order valence-corrected chi connectivity index (χ0v) is 10.3. The summed E-state index contributed by atoms with van der Waals surface area (Å²) >= 11 is 6.00. The number of pyridine rings is 1. The van der Waals surface area contributed by atoms with Gasteiger partial charge in [-0.25, -0.2) is 0 Å². The van der Waals surface area contributed by atoms with Crippen molar-refractivity contribution in [2.75, 3.05) is 0 Å². The molecule has 92 valence electrons. The largest absolute Gasteiger partial charge is 0.489 e. The Labute approximate surface area is 110 Å². The van der Waals surface area contributed by atoms with E-state index in [1.165, 1.54) is 0 Å². The number of hydrogen-bond acceptors (Lipinski definition) is 3. The van der Waals surface area contributed by atoms with Crippen molar-refractivity contribution in [3.05, 3.63) is 58.9 Å². The molecule has 1 heterocycles. The van der Waals surface area contributed by atoms with E-state index in [-0.39, 0.29) is 5.84 Å². The van der Waals surface area contributed by atoms with Crippen molar-refractivity contribution in [1.29, 1.82) is 5.41 Å². The fourth-order valence-electron chi connectivity index (χ4n) is 1.45. The monoisotopic (exact) mass is 261 g/mol. The van der Waals surface area contributed by atoms with Crippen LogP contribution in [-0.2, 0) is 6.61 Å². The maximum Gasteiger partial charge on any atom is 0.124 e. The fourth-order valence-corrected chi connectivity index (χ4v) is 1.72. The zero-order chi connectivity index (χ0) is 13.0. The van der Waals surface area contributed by atoms with Gasteiger partial charge in [-0.3, -0.25) is 10.4 Å². The normalized spacial score (nSPS) is 10.1. The van der Waals surface area contributed by atoms with Gasteiger partial charge in [-0.1, -0.05) is 11.6 Å². The van der Waals surface area contributed by atoms with E-state index in [1.807, 2.05) is 12.1 Å². The van der Waals surface area contributed by atoms with E-state index in [9.17, 15) is 0 Å². The lowest BCUT2D eigenvalue weighted by Crippen LogP contribution is -2.11. The van der Waals surface area contributed by atoms with Crippen LogP contribution in [0.5, 0.6) is 5.75 Å². The summed E-state index contributed by atoms with van der Waals surface area (Å²) in [5.41, 5.74) is 6.91. The van der Waals surface area contributed by atoms with Gasteiger partial charge in [0, 0.05) is 18.0 Å². The van der Waals surface area contributed by atoms with Crippen molar-refractivity contribution in [2.45, 2.75) is 6.61 Å². The quantitative estimate of drug-likeness (QED) is 0.656. The smallest absolute Gasteiger partial charge is 0.124 e. The highest BCUT2D eigenvalue weighted by Gasteiger charge is 2.05. The highest BCUT2D eigenvalue weighted by Crippen LogP contribution is 2.22. The molecule has 0 aliphatic rings. The summed E-state index contributed by atoms with van der Waals surface area (Å²) in [5.74, 6) is 0.586. The average Bonchev–Trinajstić information content (AvgIpc) is 2.37. The highest BCUT2D eigenvalue weighted by molar-refractivity contribution is 6.34. The van der Waals surface area contributed by atoms with Crippen molar-refractivity contribution < 1.29 is 4.74 Å². The Morgan fingerprint density at radius 3 is 2.61 bits per heavy atom. The number of amidine groups is 1. The highest BCUT2D eigenvalue weighted by atomic mass is 35.5. The number of nitrogens with one attached hydrogen (secondary N) is 1. The molecule has 3 N–H and O–H groups in total. The number of nitrogens with two attached hydrogens (primary N) is 1. The van der Waals surface area contributed by atoms with Gasteiger partial charge in [0.1, 0.15) is 18.2 Å². The molecule has 0 radical (unpaired) electrons. The van der Waals surface area contributed by atoms with Crippen molar-refractivity contribution in [2.24, 2.45) is 5.73 Å². The Kier molecular flexibility index (Phi) is 3.79. The van der Waals surface area contributed by atoms with E-state index < -0.39 is 0 Å². The van der Waals surface area contributed by atoms with Gasteiger partial charge in [-0.05, 0) is 35.9 Å². The van der Waals surface area contributed by atoms with Crippen LogP contribution in [0.1, 0.15) is 11.1 Å². The molecule has 0 saturated carbocycles. The Hall–Kier alpha value is -2.07. The Balaban J connectivity index is 2.07. The second kappa shape index (κ2) is 5.51. The minimum atomic E-state index is -0.0549. The number of nitrogen functional groups attached to an aromatic ring is 1. The second-order valence-electron chi connectivity index (χ2n) is 3.70. The van der Waals surface area contributed by atoms with E-state index >= 15 is 0 Å². The predicted octanol–water partition coefficient (Wildman–Crippen LogP) is 2.60. The lowest BCUT2D eigenvalue weighted by atomic mass is 10.2. The topological polar surface area (TPSA) is 72.0 Å². The van der Waals surface area contributed by atoms with Crippen LogP contribution in [0.15, 0.2) is 42.7 Å². The molecule has 18 heavy (non-hydrogen) atoms. The standard InChI is InChI=1S/C13H12ClN3O/c14-12-7-10(1-2-11(12)13(15)16)18-8-9-3-5-17-6-4-9/h1-7H,8H2,(H3,15,16). The molecule has 1 aromatic carbocycles. The number of ether oxygens (including phenoxy) is 1. The average molecular weight is 262 g/mol. The SMILES string of the molecule is N=C(N)c1ccc(OCc2ccncc2)cc1Cl. The Bertz CT molecular complexity index is 557. The van der Waals surface area contributed by atoms with E-state index in [0.717, 1.165) is 5.56 Å². The summed E-state index contributed by atoms with van der Waals surface area (Å²) in [6, 6.07) is 8.83. The number of aromatic nitrogens is 1. The van der Waals surface area contributed by atoms with Crippen molar-refractivity contribution in [3.63, 3.8) is 0 Å². The van der Waals surface area contributed by atoms with Gasteiger partial charge >= 0.3 is 0 Å². The maximum atomic E-state index is 7.33. The minimum Gasteiger partial charge on any atom is -0.489 e. The van der Waals surface area contributed by atoms with Gasteiger partial charge in [0.25, 0.3) is 0 Å². The van der Waals surface area contributed by atoms with Gasteiger partial charge in [0.15, 0.2) is 0 Å². The molecule has 0 bridgehead atoms. The third-order valence-corrected chi connectivity index (χ3v) is 2.70. The molecule has 0 atom stereocenters. The number of nitrogens with zero attached hydrogens (tertiary/aromatic N) is 1. The summed E-state index contributed by atoms with van der Waals surface area (Å²) in [7, 11) is 0. The predicted molar refractivity (Wildman–Crippen MR) is 71.0 cm³/mol. The van der Waals surface area contributed by atoms with Crippen LogP contribution < -0.4 is 10.5 Å². The van der Waals surface area contributed by atoms with Crippen LogP contribution >= 0.6 is 11.6 Å². The fraction of sp³-hybridized carbons (Fsp3) is 0.0769. The van der Waals surface area contributed by atoms with Gasteiger partial charge < -0.3 is 10.5 Å². The van der Waals surface area contributed by atoms with E-state index in [2.05, 4.69) is 4.98 Å². The second-order valence-corrected chi connectivity index (χ2v) is 4.11. The van der Waals surface area contributed by atoms with Crippen LogP contribution in [0.2, 0.25) is 5.02 Å². The Morgan fingerprint density at radius 1 is 1.28 bits per heavy atom. The molecule has 0 amide bonds. The molecule has 1 aromatic heterocycles. The molecular weight excluding hydrogens is 250 g/mol. The van der Waals surface area contributed by atoms with E-state index in [4.69, 9.17) is 27.5 Å². The molecule has 0 aliphatic heterocycles. The third-order valence-electron chi connectivity index (χ3n) is 2.39. The molecule has 4 nitrogen and oxygen atoms in total. The van der Waals surface area contributed by atoms with E-state index in [1.54, 1.807) is 30.6 Å². The molecule has 2 rings (SSSR count). The zero-order valence-electron chi connectivity index (χ0n) is 9.56. The van der Waals surface area contributed by atoms with E-state index in [0.29, 0.717) is 22.9 Å². The number of rotatable bonds is 4. The summed E-state index contributed by atoms with van der Waals surface area (Å²) in [6.07, 6.45) is 3.43. The maximum absolute atomic E-state index is 7.33. The number of benzene rings is 1. The van der Waals surface area contributed by atoms with Crippen LogP contribution in [0.4, 0.5) is 0 Å². The lowest BCUT2D eigenvalue weighted by Gasteiger charge is -2.08. The van der Waals surface area contributed by atoms with Crippen LogP contribution in [0, 0.1) is 5.41 Å². The molecule has 0 fully saturated rings. The summed E-state index contributed by atoms with van der Waals surface area (Å²) in [6.45, 7) is 0.443. The minimum absolute atomic E-state index is 0.0549. The molecule has 0 saturated heterocycles. The Morgan fingerprint density at radius 2 is 2.00 bits per heavy atom. The summed E-state index contributed by atoms with van der Waals surface area (Å²) in [5, 5.41) is 7.74. The molecule has 0 aliphatic carbocycles. The first-order chi connectivity index (χ1) is 8.66. The summed E-state index contributed by atoms with van der Waals surface area (Å²) < 4.78 is 5.58. The summed E-state index contributed by atoms with van der Waals surface area (Å²) in [4.78, 5) is 3.93. The van der Waals surface area contributed by atoms with Gasteiger partial charge in [-0.2, -0.15) is 0 Å². The van der Waals surface area contributed by atoms with Crippen molar-refractivity contribution in [1.82, 2.24) is 4.98 Å². The first-order valence-electron chi connectivity index (χ1n) is 5.32. The molecule has 2 aromatic rings. The third kappa shape index (κ3) is 2.99. The first-order valence-corrected chi connectivity index (χ1v) is 5.70. The first kappa shape index (κ1) is 12.4. The molecule has 5 heteroatoms. The van der Waals surface area contributed by atoms with Gasteiger partial charge in [0.2, 0.25) is 0 Å². The lowest BCUT2D eigenvalue weighted by molar-refractivity contribution is 0.306. The molecular formula is C13H12ClN3O. The number of halogens is 1. The van der Waals surface area contributed by atoms with Crippen LogP contribution in [0.3, 0.4) is 0 Å². The van der Waals surface area contributed by atoms with Crippen molar-refractivity contribution in [3.8, 4) is 5.75 Å². The molecule has 0 spiro atoms. The van der Waals surface area contributed by atoms with Gasteiger partial charge in [-0.15, -0.1) is 0 Å². The number of hydrogen-bond donors (Lipinski definition) is 2. The van der Waals surface area contributed by atoms with Crippen LogP contribution in [0.25, 0.3) is 0 Å². The van der Waals surface area contributed by atoms with Crippen LogP contribution in [-0.4, -0.2) is 10.8 Å².